The van der Waals surface area contributed by atoms with Crippen LogP contribution < -0.4 is 5.73 Å². The first-order chi connectivity index (χ1) is 9.54. The molecule has 2 saturated heterocycles. The van der Waals surface area contributed by atoms with Gasteiger partial charge >= 0.3 is 0 Å². The zero-order chi connectivity index (χ0) is 14.7. The van der Waals surface area contributed by atoms with E-state index in [9.17, 15) is 9.59 Å². The van der Waals surface area contributed by atoms with Crippen molar-refractivity contribution in [3.8, 4) is 0 Å². The Morgan fingerprint density at radius 1 is 1.35 bits per heavy atom. The molecular weight excluding hydrogens is 274 g/mol. The van der Waals surface area contributed by atoms with Gasteiger partial charge in [-0.1, -0.05) is 6.92 Å². The van der Waals surface area contributed by atoms with Gasteiger partial charge in [0, 0.05) is 31.3 Å². The molecule has 2 amide bonds. The van der Waals surface area contributed by atoms with Crippen molar-refractivity contribution in [2.75, 3.05) is 24.7 Å². The summed E-state index contributed by atoms with van der Waals surface area (Å²) in [4.78, 5) is 28.1. The van der Waals surface area contributed by atoms with E-state index in [0.717, 1.165) is 31.7 Å². The Bertz CT molecular complexity index is 367. The van der Waals surface area contributed by atoms with Crippen molar-refractivity contribution in [2.45, 2.75) is 45.2 Å². The molecule has 2 aliphatic heterocycles. The van der Waals surface area contributed by atoms with Gasteiger partial charge in [-0.15, -0.1) is 11.8 Å². The maximum absolute atomic E-state index is 12.6. The number of piperidine rings is 1. The molecule has 0 aromatic rings. The minimum absolute atomic E-state index is 0.0822. The smallest absolute Gasteiger partial charge is 0.246 e. The van der Waals surface area contributed by atoms with Crippen molar-refractivity contribution in [1.82, 2.24) is 9.80 Å². The first-order valence-corrected chi connectivity index (χ1v) is 8.61. The molecule has 2 aliphatic rings. The molecule has 0 spiro atoms. The molecule has 2 fully saturated rings. The highest BCUT2D eigenvalue weighted by Gasteiger charge is 2.37. The Morgan fingerprint density at radius 3 is 2.55 bits per heavy atom. The Labute approximate surface area is 125 Å². The van der Waals surface area contributed by atoms with Crippen LogP contribution in [-0.2, 0) is 9.59 Å². The third kappa shape index (κ3) is 3.28. The summed E-state index contributed by atoms with van der Waals surface area (Å²) in [7, 11) is 0. The molecule has 2 N–H and O–H groups in total. The number of rotatable bonds is 3. The van der Waals surface area contributed by atoms with Crippen molar-refractivity contribution < 1.29 is 9.59 Å². The third-order valence-corrected chi connectivity index (χ3v) is 5.40. The van der Waals surface area contributed by atoms with Crippen LogP contribution in [-0.4, -0.2) is 58.4 Å². The molecule has 0 aromatic heterocycles. The number of carbonyl (C=O) groups excluding carboxylic acids is 2. The van der Waals surface area contributed by atoms with Crippen molar-refractivity contribution in [2.24, 2.45) is 11.7 Å². The van der Waals surface area contributed by atoms with E-state index in [-0.39, 0.29) is 23.9 Å². The monoisotopic (exact) mass is 299 g/mol. The average Bonchev–Trinajstić information content (AvgIpc) is 2.95. The van der Waals surface area contributed by atoms with Gasteiger partial charge in [-0.25, -0.2) is 0 Å². The van der Waals surface area contributed by atoms with Gasteiger partial charge in [-0.05, 0) is 25.7 Å². The highest BCUT2D eigenvalue weighted by Crippen LogP contribution is 2.26. The van der Waals surface area contributed by atoms with Crippen molar-refractivity contribution >= 4 is 23.6 Å². The highest BCUT2D eigenvalue weighted by molar-refractivity contribution is 7.99. The predicted octanol–water partition coefficient (Wildman–Crippen LogP) is 0.884. The molecule has 6 heteroatoms. The molecule has 5 nitrogen and oxygen atoms in total. The number of nitrogens with zero attached hydrogens (tertiary/aromatic N) is 2. The van der Waals surface area contributed by atoms with E-state index < -0.39 is 0 Å². The third-order valence-electron chi connectivity index (χ3n) is 4.39. The predicted molar refractivity (Wildman–Crippen MR) is 81.2 cm³/mol. The summed E-state index contributed by atoms with van der Waals surface area (Å²) >= 11 is 1.67. The maximum atomic E-state index is 12.6. The van der Waals surface area contributed by atoms with Gasteiger partial charge in [0.2, 0.25) is 11.8 Å². The van der Waals surface area contributed by atoms with Crippen LogP contribution in [0.15, 0.2) is 0 Å². The van der Waals surface area contributed by atoms with Gasteiger partial charge < -0.3 is 15.5 Å². The number of likely N-dealkylation sites (tertiary alicyclic amines) is 1. The molecule has 2 heterocycles. The van der Waals surface area contributed by atoms with Crippen LogP contribution in [0.2, 0.25) is 0 Å². The fraction of sp³-hybridized carbons (Fsp3) is 0.857. The minimum Gasteiger partial charge on any atom is -0.341 e. The second-order valence-electron chi connectivity index (χ2n) is 5.75. The zero-order valence-electron chi connectivity index (χ0n) is 12.4. The normalized spacial score (nSPS) is 25.9. The van der Waals surface area contributed by atoms with E-state index in [1.807, 2.05) is 18.7 Å². The lowest BCUT2D eigenvalue weighted by Gasteiger charge is -2.36. The molecule has 0 aromatic carbocycles. The number of hydrogen-bond acceptors (Lipinski definition) is 4. The fourth-order valence-electron chi connectivity index (χ4n) is 2.95. The minimum atomic E-state index is -0.251. The second kappa shape index (κ2) is 6.80. The molecule has 0 aliphatic carbocycles. The van der Waals surface area contributed by atoms with Crippen LogP contribution in [0.5, 0.6) is 0 Å². The van der Waals surface area contributed by atoms with Crippen LogP contribution in [0.4, 0.5) is 0 Å². The molecule has 2 atom stereocenters. The number of amides is 2. The van der Waals surface area contributed by atoms with Gasteiger partial charge in [0.15, 0.2) is 0 Å². The SMILES string of the molecule is CCC(=O)N1CSCC1C(=O)N1CCC(C(C)N)CC1. The number of nitrogens with two attached hydrogens (primary N) is 1. The summed E-state index contributed by atoms with van der Waals surface area (Å²) in [6, 6.07) is -0.0493. The fourth-order valence-corrected chi connectivity index (χ4v) is 4.12. The van der Waals surface area contributed by atoms with Crippen LogP contribution >= 0.6 is 11.8 Å². The summed E-state index contributed by atoms with van der Waals surface area (Å²) in [6.07, 6.45) is 2.42. The molecule has 0 saturated carbocycles. The first-order valence-electron chi connectivity index (χ1n) is 7.46. The van der Waals surface area contributed by atoms with Crippen molar-refractivity contribution in [3.63, 3.8) is 0 Å². The first kappa shape index (κ1) is 15.6. The standard InChI is InChI=1S/C14H25N3O2S/c1-3-13(18)17-9-20-8-12(17)14(19)16-6-4-11(5-7-16)10(2)15/h10-12H,3-9,15H2,1-2H3. The van der Waals surface area contributed by atoms with Crippen LogP contribution in [0, 0.1) is 5.92 Å². The molecule has 2 rings (SSSR count). The van der Waals surface area contributed by atoms with E-state index >= 15 is 0 Å². The largest absolute Gasteiger partial charge is 0.341 e. The van der Waals surface area contributed by atoms with Gasteiger partial charge in [0.25, 0.3) is 0 Å². The van der Waals surface area contributed by atoms with Crippen molar-refractivity contribution in [3.05, 3.63) is 0 Å². The van der Waals surface area contributed by atoms with Gasteiger partial charge in [0.05, 0.1) is 5.88 Å². The van der Waals surface area contributed by atoms with Crippen LogP contribution in [0.1, 0.15) is 33.1 Å². The van der Waals surface area contributed by atoms with E-state index in [4.69, 9.17) is 5.73 Å². The summed E-state index contributed by atoms with van der Waals surface area (Å²) in [5, 5.41) is 0. The molecule has 2 unspecified atom stereocenters. The molecular formula is C14H25N3O2S. The summed E-state index contributed by atoms with van der Waals surface area (Å²) in [5.41, 5.74) is 5.93. The molecule has 114 valence electrons. The summed E-state index contributed by atoms with van der Waals surface area (Å²) in [5.74, 6) is 2.11. The summed E-state index contributed by atoms with van der Waals surface area (Å²) < 4.78 is 0. The van der Waals surface area contributed by atoms with Crippen molar-refractivity contribution in [1.29, 1.82) is 0 Å². The summed E-state index contributed by atoms with van der Waals surface area (Å²) in [6.45, 7) is 5.44. The average molecular weight is 299 g/mol. The molecule has 0 radical (unpaired) electrons. The van der Waals surface area contributed by atoms with E-state index in [1.165, 1.54) is 0 Å². The topological polar surface area (TPSA) is 66.6 Å². The quantitative estimate of drug-likeness (QED) is 0.840. The number of carbonyl (C=O) groups is 2. The molecule has 20 heavy (non-hydrogen) atoms. The Kier molecular flexibility index (Phi) is 5.32. The Hall–Kier alpha value is -0.750. The van der Waals surface area contributed by atoms with Gasteiger partial charge in [-0.2, -0.15) is 0 Å². The number of hydrogen-bond donors (Lipinski definition) is 1. The zero-order valence-corrected chi connectivity index (χ0v) is 13.2. The van der Waals surface area contributed by atoms with E-state index in [0.29, 0.717) is 18.2 Å². The highest BCUT2D eigenvalue weighted by atomic mass is 32.2. The van der Waals surface area contributed by atoms with E-state index in [1.54, 1.807) is 16.7 Å². The van der Waals surface area contributed by atoms with Crippen LogP contribution in [0.3, 0.4) is 0 Å². The number of thioether (sulfide) groups is 1. The second-order valence-corrected chi connectivity index (χ2v) is 6.75. The Balaban J connectivity index is 1.93. The van der Waals surface area contributed by atoms with E-state index in [2.05, 4.69) is 0 Å². The Morgan fingerprint density at radius 2 is 2.00 bits per heavy atom. The maximum Gasteiger partial charge on any atom is 0.246 e. The lowest BCUT2D eigenvalue weighted by molar-refractivity contribution is -0.144. The molecule has 0 bridgehead atoms. The lowest BCUT2D eigenvalue weighted by Crippen LogP contribution is -2.51. The van der Waals surface area contributed by atoms with Crippen LogP contribution in [0.25, 0.3) is 0 Å². The van der Waals surface area contributed by atoms with Gasteiger partial charge in [0.1, 0.15) is 6.04 Å². The van der Waals surface area contributed by atoms with Gasteiger partial charge in [-0.3, -0.25) is 9.59 Å². The lowest BCUT2D eigenvalue weighted by atomic mass is 9.90.